The van der Waals surface area contributed by atoms with Crippen molar-refractivity contribution in [2.24, 2.45) is 0 Å². The number of para-hydroxylation sites is 2. The summed E-state index contributed by atoms with van der Waals surface area (Å²) in [5.41, 5.74) is 0. The molecule has 0 bridgehead atoms. The second-order valence-corrected chi connectivity index (χ2v) is 4.59. The first-order chi connectivity index (χ1) is 8.83. The molecule has 0 N–H and O–H groups in total. The summed E-state index contributed by atoms with van der Waals surface area (Å²) in [5.74, 6) is 1.40. The Labute approximate surface area is 109 Å². The zero-order valence-corrected chi connectivity index (χ0v) is 10.8. The van der Waals surface area contributed by atoms with Gasteiger partial charge < -0.3 is 9.47 Å². The maximum absolute atomic E-state index is 10.5. The predicted molar refractivity (Wildman–Crippen MR) is 69.4 cm³/mol. The quantitative estimate of drug-likeness (QED) is 0.752. The van der Waals surface area contributed by atoms with Crippen LogP contribution in [0.4, 0.5) is 0 Å². The molecule has 2 rings (SSSR count). The lowest BCUT2D eigenvalue weighted by molar-refractivity contribution is 0.112. The van der Waals surface area contributed by atoms with Crippen molar-refractivity contribution in [3.8, 4) is 11.5 Å². The molecular weight excluding hydrogens is 250 g/mol. The van der Waals surface area contributed by atoms with Gasteiger partial charge in [-0.1, -0.05) is 12.1 Å². The molecule has 0 aliphatic heterocycles. The number of nitrogens with zero attached hydrogens (tertiary/aromatic N) is 1. The molecule has 1 aromatic carbocycles. The van der Waals surface area contributed by atoms with Gasteiger partial charge in [0.25, 0.3) is 0 Å². The molecule has 0 saturated carbocycles. The van der Waals surface area contributed by atoms with E-state index in [2.05, 4.69) is 4.98 Å². The van der Waals surface area contributed by atoms with E-state index >= 15 is 0 Å². The Morgan fingerprint density at radius 2 is 2.00 bits per heavy atom. The van der Waals surface area contributed by atoms with Gasteiger partial charge in [0.1, 0.15) is 11.6 Å². The van der Waals surface area contributed by atoms with Crippen LogP contribution in [0.2, 0.25) is 0 Å². The molecule has 94 valence electrons. The van der Waals surface area contributed by atoms with E-state index in [-0.39, 0.29) is 0 Å². The Balaban J connectivity index is 2.03. The van der Waals surface area contributed by atoms with E-state index in [1.54, 1.807) is 6.20 Å². The number of aldehydes is 1. The molecule has 5 heteroatoms. The van der Waals surface area contributed by atoms with Crippen LogP contribution in [0.25, 0.3) is 0 Å². The van der Waals surface area contributed by atoms with Gasteiger partial charge in [0.2, 0.25) is 0 Å². The van der Waals surface area contributed by atoms with E-state index in [1.165, 1.54) is 11.3 Å². The van der Waals surface area contributed by atoms with Gasteiger partial charge in [-0.3, -0.25) is 4.79 Å². The van der Waals surface area contributed by atoms with Crippen molar-refractivity contribution in [3.63, 3.8) is 0 Å². The average molecular weight is 263 g/mol. The number of ether oxygens (including phenoxy) is 2. The fraction of sp³-hybridized carbons (Fsp3) is 0.231. The second-order valence-electron chi connectivity index (χ2n) is 3.44. The van der Waals surface area contributed by atoms with Gasteiger partial charge >= 0.3 is 0 Å². The second kappa shape index (κ2) is 6.16. The van der Waals surface area contributed by atoms with Crippen LogP contribution in [0.5, 0.6) is 11.5 Å². The number of rotatable bonds is 6. The Morgan fingerprint density at radius 1 is 1.28 bits per heavy atom. The zero-order valence-electron chi connectivity index (χ0n) is 9.96. The molecule has 0 fully saturated rings. The van der Waals surface area contributed by atoms with E-state index in [0.717, 1.165) is 11.3 Å². The highest BCUT2D eigenvalue weighted by Crippen LogP contribution is 2.27. The Hall–Kier alpha value is -1.88. The lowest BCUT2D eigenvalue weighted by atomic mass is 10.3. The maximum atomic E-state index is 10.5. The fourth-order valence-corrected chi connectivity index (χ4v) is 2.08. The van der Waals surface area contributed by atoms with Gasteiger partial charge in [-0.15, -0.1) is 11.3 Å². The SMILES string of the molecule is CCOc1ccccc1OCc1ncc(C=O)s1. The van der Waals surface area contributed by atoms with Gasteiger partial charge in [0.15, 0.2) is 17.8 Å². The summed E-state index contributed by atoms with van der Waals surface area (Å²) < 4.78 is 11.1. The molecule has 0 spiro atoms. The van der Waals surface area contributed by atoms with Crippen molar-refractivity contribution in [2.45, 2.75) is 13.5 Å². The lowest BCUT2D eigenvalue weighted by Gasteiger charge is -2.10. The number of hydrogen-bond donors (Lipinski definition) is 0. The van der Waals surface area contributed by atoms with Crippen molar-refractivity contribution in [2.75, 3.05) is 6.61 Å². The molecule has 0 atom stereocenters. The van der Waals surface area contributed by atoms with Crippen molar-refractivity contribution < 1.29 is 14.3 Å². The zero-order chi connectivity index (χ0) is 12.8. The van der Waals surface area contributed by atoms with Crippen molar-refractivity contribution in [3.05, 3.63) is 40.3 Å². The molecule has 1 aromatic heterocycles. The van der Waals surface area contributed by atoms with Gasteiger partial charge in [0, 0.05) is 6.20 Å². The van der Waals surface area contributed by atoms with E-state index in [0.29, 0.717) is 29.6 Å². The van der Waals surface area contributed by atoms with Crippen molar-refractivity contribution in [1.29, 1.82) is 0 Å². The molecule has 4 nitrogen and oxygen atoms in total. The lowest BCUT2D eigenvalue weighted by Crippen LogP contribution is -1.98. The third-order valence-corrected chi connectivity index (χ3v) is 3.08. The van der Waals surface area contributed by atoms with Crippen LogP contribution in [-0.2, 0) is 6.61 Å². The third kappa shape index (κ3) is 3.07. The van der Waals surface area contributed by atoms with Crippen molar-refractivity contribution in [1.82, 2.24) is 4.98 Å². The number of thiazole rings is 1. The molecule has 0 radical (unpaired) electrons. The molecule has 18 heavy (non-hydrogen) atoms. The molecule has 0 amide bonds. The number of carbonyl (C=O) groups excluding carboxylic acids is 1. The standard InChI is InChI=1S/C13H13NO3S/c1-2-16-11-5-3-4-6-12(11)17-9-13-14-7-10(8-15)18-13/h3-8H,2,9H2,1H3. The number of aromatic nitrogens is 1. The first kappa shape index (κ1) is 12.6. The first-order valence-corrected chi connectivity index (χ1v) is 6.39. The van der Waals surface area contributed by atoms with Crippen LogP contribution in [0.1, 0.15) is 21.6 Å². The smallest absolute Gasteiger partial charge is 0.161 e. The Morgan fingerprint density at radius 3 is 2.61 bits per heavy atom. The summed E-state index contributed by atoms with van der Waals surface area (Å²) in [4.78, 5) is 15.2. The molecule has 0 aliphatic carbocycles. The summed E-state index contributed by atoms with van der Waals surface area (Å²) >= 11 is 1.33. The predicted octanol–water partition coefficient (Wildman–Crippen LogP) is 2.93. The highest BCUT2D eigenvalue weighted by Gasteiger charge is 2.06. The normalized spacial score (nSPS) is 10.1. The summed E-state index contributed by atoms with van der Waals surface area (Å²) in [6.45, 7) is 2.85. The van der Waals surface area contributed by atoms with E-state index < -0.39 is 0 Å². The van der Waals surface area contributed by atoms with Crippen LogP contribution in [0.3, 0.4) is 0 Å². The summed E-state index contributed by atoms with van der Waals surface area (Å²) in [6.07, 6.45) is 2.33. The summed E-state index contributed by atoms with van der Waals surface area (Å²) in [7, 11) is 0. The minimum absolute atomic E-state index is 0.336. The van der Waals surface area contributed by atoms with Gasteiger partial charge in [-0.2, -0.15) is 0 Å². The molecule has 0 aliphatic rings. The van der Waals surface area contributed by atoms with Gasteiger partial charge in [-0.05, 0) is 19.1 Å². The molecule has 1 heterocycles. The number of benzene rings is 1. The van der Waals surface area contributed by atoms with E-state index in [4.69, 9.17) is 9.47 Å². The third-order valence-electron chi connectivity index (χ3n) is 2.19. The minimum Gasteiger partial charge on any atom is -0.490 e. The average Bonchev–Trinajstić information content (AvgIpc) is 2.86. The molecular formula is C13H13NO3S. The maximum Gasteiger partial charge on any atom is 0.161 e. The molecule has 2 aromatic rings. The van der Waals surface area contributed by atoms with Gasteiger partial charge in [0.05, 0.1) is 11.5 Å². The number of hydrogen-bond acceptors (Lipinski definition) is 5. The Kier molecular flexibility index (Phi) is 4.30. The van der Waals surface area contributed by atoms with E-state index in [1.807, 2.05) is 31.2 Å². The van der Waals surface area contributed by atoms with E-state index in [9.17, 15) is 4.79 Å². The summed E-state index contributed by atoms with van der Waals surface area (Å²) in [6, 6.07) is 7.49. The topological polar surface area (TPSA) is 48.4 Å². The first-order valence-electron chi connectivity index (χ1n) is 5.58. The Bertz CT molecular complexity index is 524. The van der Waals surface area contributed by atoms with Crippen LogP contribution in [0.15, 0.2) is 30.5 Å². The minimum atomic E-state index is 0.336. The molecule has 0 unspecified atom stereocenters. The van der Waals surface area contributed by atoms with Crippen LogP contribution >= 0.6 is 11.3 Å². The van der Waals surface area contributed by atoms with Crippen LogP contribution < -0.4 is 9.47 Å². The van der Waals surface area contributed by atoms with Gasteiger partial charge in [-0.25, -0.2) is 4.98 Å². The van der Waals surface area contributed by atoms with Crippen molar-refractivity contribution >= 4 is 17.6 Å². The molecule has 0 saturated heterocycles. The highest BCUT2D eigenvalue weighted by atomic mass is 32.1. The van der Waals surface area contributed by atoms with Crippen LogP contribution in [0, 0.1) is 0 Å². The highest BCUT2D eigenvalue weighted by molar-refractivity contribution is 7.13. The fourth-order valence-electron chi connectivity index (χ4n) is 1.43. The monoisotopic (exact) mass is 263 g/mol. The summed E-state index contributed by atoms with van der Waals surface area (Å²) in [5, 5.41) is 0.767. The number of carbonyl (C=O) groups is 1. The van der Waals surface area contributed by atoms with Crippen LogP contribution in [-0.4, -0.2) is 17.9 Å². The largest absolute Gasteiger partial charge is 0.490 e.